The van der Waals surface area contributed by atoms with Crippen LogP contribution in [0.5, 0.6) is 0 Å². The molecule has 0 amide bonds. The van der Waals surface area contributed by atoms with Crippen molar-refractivity contribution >= 4 is 21.6 Å². The van der Waals surface area contributed by atoms with Gasteiger partial charge in [0.05, 0.1) is 11.7 Å². The first-order valence-corrected chi connectivity index (χ1v) is 5.13. The fourth-order valence-electron chi connectivity index (χ4n) is 1.29. The van der Waals surface area contributed by atoms with E-state index in [4.69, 9.17) is 0 Å². The van der Waals surface area contributed by atoms with Crippen molar-refractivity contribution in [1.82, 2.24) is 9.55 Å². The Labute approximate surface area is 79.7 Å². The predicted molar refractivity (Wildman–Crippen MR) is 54.2 cm³/mol. The molecule has 0 saturated heterocycles. The van der Waals surface area contributed by atoms with Crippen molar-refractivity contribution in [2.24, 2.45) is 0 Å². The molecule has 13 heavy (non-hydrogen) atoms. The summed E-state index contributed by atoms with van der Waals surface area (Å²) in [4.78, 5) is 16.7. The molecule has 0 fully saturated rings. The van der Waals surface area contributed by atoms with Gasteiger partial charge < -0.3 is 0 Å². The third-order valence-corrected chi connectivity index (χ3v) is 2.74. The SMILES string of the molecule is CCCn1cnc2sccc2c1=O. The lowest BCUT2D eigenvalue weighted by Crippen LogP contribution is -2.19. The lowest BCUT2D eigenvalue weighted by atomic mass is 10.4. The van der Waals surface area contributed by atoms with Gasteiger partial charge in [-0.1, -0.05) is 6.92 Å². The second kappa shape index (κ2) is 3.30. The molecule has 0 aliphatic carbocycles. The normalized spacial score (nSPS) is 10.8. The molecule has 0 spiro atoms. The Kier molecular flexibility index (Phi) is 2.14. The summed E-state index contributed by atoms with van der Waals surface area (Å²) in [5, 5.41) is 2.64. The highest BCUT2D eigenvalue weighted by atomic mass is 32.1. The van der Waals surface area contributed by atoms with Crippen molar-refractivity contribution in [3.63, 3.8) is 0 Å². The summed E-state index contributed by atoms with van der Waals surface area (Å²) in [6.07, 6.45) is 2.59. The molecule has 2 aromatic rings. The fourth-order valence-corrected chi connectivity index (χ4v) is 2.02. The minimum absolute atomic E-state index is 0.0769. The molecule has 0 aliphatic heterocycles. The topological polar surface area (TPSA) is 34.9 Å². The van der Waals surface area contributed by atoms with Crippen LogP contribution < -0.4 is 5.56 Å². The average Bonchev–Trinajstić information content (AvgIpc) is 2.58. The summed E-state index contributed by atoms with van der Waals surface area (Å²) in [7, 11) is 0. The summed E-state index contributed by atoms with van der Waals surface area (Å²) in [6.45, 7) is 2.79. The van der Waals surface area contributed by atoms with Gasteiger partial charge in [0.15, 0.2) is 0 Å². The molecule has 0 unspecified atom stereocenters. The van der Waals surface area contributed by atoms with Crippen LogP contribution in [0.25, 0.3) is 10.2 Å². The van der Waals surface area contributed by atoms with Crippen LogP contribution in [-0.2, 0) is 6.54 Å². The minimum Gasteiger partial charge on any atom is -0.299 e. The molecule has 0 atom stereocenters. The fraction of sp³-hybridized carbons (Fsp3) is 0.333. The Morgan fingerprint density at radius 2 is 2.46 bits per heavy atom. The number of aromatic nitrogens is 2. The standard InChI is InChI=1S/C9H10N2OS/c1-2-4-11-6-10-8-7(9(11)12)3-5-13-8/h3,5-6H,2,4H2,1H3. The van der Waals surface area contributed by atoms with Gasteiger partial charge in [0.1, 0.15) is 4.83 Å². The minimum atomic E-state index is 0.0769. The zero-order valence-corrected chi connectivity index (χ0v) is 8.17. The first-order valence-electron chi connectivity index (χ1n) is 4.25. The molecular weight excluding hydrogens is 184 g/mol. The summed E-state index contributed by atoms with van der Waals surface area (Å²) in [5.41, 5.74) is 0.0769. The van der Waals surface area contributed by atoms with Gasteiger partial charge in [0.2, 0.25) is 0 Å². The van der Waals surface area contributed by atoms with E-state index in [9.17, 15) is 4.79 Å². The van der Waals surface area contributed by atoms with Crippen LogP contribution in [0, 0.1) is 0 Å². The molecule has 0 aliphatic rings. The molecule has 0 N–H and O–H groups in total. The smallest absolute Gasteiger partial charge is 0.262 e. The van der Waals surface area contributed by atoms with Gasteiger partial charge in [0, 0.05) is 6.54 Å². The highest BCUT2D eigenvalue weighted by Crippen LogP contribution is 2.13. The maximum atomic E-state index is 11.7. The van der Waals surface area contributed by atoms with Crippen LogP contribution in [0.3, 0.4) is 0 Å². The maximum Gasteiger partial charge on any atom is 0.262 e. The van der Waals surface area contributed by atoms with Crippen molar-refractivity contribution in [1.29, 1.82) is 0 Å². The number of fused-ring (bicyclic) bond motifs is 1. The van der Waals surface area contributed by atoms with Crippen LogP contribution in [-0.4, -0.2) is 9.55 Å². The lowest BCUT2D eigenvalue weighted by Gasteiger charge is -2.01. The largest absolute Gasteiger partial charge is 0.299 e. The molecule has 0 bridgehead atoms. The summed E-state index contributed by atoms with van der Waals surface area (Å²) >= 11 is 1.50. The van der Waals surface area contributed by atoms with Crippen LogP contribution in [0.1, 0.15) is 13.3 Å². The average molecular weight is 194 g/mol. The van der Waals surface area contributed by atoms with E-state index in [-0.39, 0.29) is 5.56 Å². The van der Waals surface area contributed by atoms with E-state index in [0.29, 0.717) is 0 Å². The first kappa shape index (κ1) is 8.44. The predicted octanol–water partition coefficient (Wildman–Crippen LogP) is 1.87. The zero-order valence-electron chi connectivity index (χ0n) is 7.36. The molecule has 0 aromatic carbocycles. The van der Waals surface area contributed by atoms with Crippen molar-refractivity contribution in [2.75, 3.05) is 0 Å². The molecule has 0 radical (unpaired) electrons. The first-order chi connectivity index (χ1) is 6.33. The Balaban J connectivity index is 2.67. The summed E-state index contributed by atoms with van der Waals surface area (Å²) in [5.74, 6) is 0. The van der Waals surface area contributed by atoms with E-state index in [2.05, 4.69) is 4.98 Å². The third-order valence-electron chi connectivity index (χ3n) is 1.91. The van der Waals surface area contributed by atoms with Crippen LogP contribution in [0.2, 0.25) is 0 Å². The Morgan fingerprint density at radius 3 is 3.23 bits per heavy atom. The van der Waals surface area contributed by atoms with Crippen LogP contribution in [0.15, 0.2) is 22.6 Å². The number of rotatable bonds is 2. The quantitative estimate of drug-likeness (QED) is 0.731. The zero-order chi connectivity index (χ0) is 9.26. The van der Waals surface area contributed by atoms with Gasteiger partial charge in [-0.2, -0.15) is 0 Å². The highest BCUT2D eigenvalue weighted by Gasteiger charge is 2.03. The second-order valence-corrected chi connectivity index (χ2v) is 3.78. The van der Waals surface area contributed by atoms with E-state index in [1.54, 1.807) is 10.9 Å². The molecule has 2 rings (SSSR count). The summed E-state index contributed by atoms with van der Waals surface area (Å²) in [6, 6.07) is 1.83. The number of thiophene rings is 1. The molecule has 2 heterocycles. The molecule has 2 aromatic heterocycles. The van der Waals surface area contributed by atoms with Gasteiger partial charge in [-0.05, 0) is 17.9 Å². The number of nitrogens with zero attached hydrogens (tertiary/aromatic N) is 2. The molecule has 4 heteroatoms. The Morgan fingerprint density at radius 1 is 1.62 bits per heavy atom. The Bertz CT molecular complexity index is 472. The van der Waals surface area contributed by atoms with Crippen molar-refractivity contribution in [2.45, 2.75) is 19.9 Å². The van der Waals surface area contributed by atoms with Gasteiger partial charge in [-0.15, -0.1) is 11.3 Å². The Hall–Kier alpha value is -1.16. The monoisotopic (exact) mass is 194 g/mol. The van der Waals surface area contributed by atoms with Crippen molar-refractivity contribution in [3.8, 4) is 0 Å². The third kappa shape index (κ3) is 1.37. The molecule has 0 saturated carbocycles. The lowest BCUT2D eigenvalue weighted by molar-refractivity contribution is 0.648. The van der Waals surface area contributed by atoms with Crippen LogP contribution in [0.4, 0.5) is 0 Å². The second-order valence-electron chi connectivity index (χ2n) is 2.88. The van der Waals surface area contributed by atoms with Crippen molar-refractivity contribution in [3.05, 3.63) is 28.1 Å². The van der Waals surface area contributed by atoms with Gasteiger partial charge in [0.25, 0.3) is 5.56 Å². The van der Waals surface area contributed by atoms with E-state index in [1.807, 2.05) is 18.4 Å². The number of aryl methyl sites for hydroxylation is 1. The number of hydrogen-bond donors (Lipinski definition) is 0. The molecule has 68 valence electrons. The van der Waals surface area contributed by atoms with E-state index < -0.39 is 0 Å². The molecule has 3 nitrogen and oxygen atoms in total. The van der Waals surface area contributed by atoms with Gasteiger partial charge >= 0.3 is 0 Å². The van der Waals surface area contributed by atoms with Gasteiger partial charge in [-0.25, -0.2) is 4.98 Å². The van der Waals surface area contributed by atoms with E-state index in [1.165, 1.54) is 11.3 Å². The highest BCUT2D eigenvalue weighted by molar-refractivity contribution is 7.16. The van der Waals surface area contributed by atoms with Gasteiger partial charge in [-0.3, -0.25) is 9.36 Å². The molecular formula is C9H10N2OS. The number of hydrogen-bond acceptors (Lipinski definition) is 3. The van der Waals surface area contributed by atoms with E-state index >= 15 is 0 Å². The maximum absolute atomic E-state index is 11.7. The van der Waals surface area contributed by atoms with E-state index in [0.717, 1.165) is 23.2 Å². The van der Waals surface area contributed by atoms with Crippen LogP contribution >= 0.6 is 11.3 Å². The summed E-state index contributed by atoms with van der Waals surface area (Å²) < 4.78 is 1.66. The van der Waals surface area contributed by atoms with Crippen molar-refractivity contribution < 1.29 is 0 Å².